The van der Waals surface area contributed by atoms with Crippen molar-refractivity contribution in [1.29, 1.82) is 0 Å². The Morgan fingerprint density at radius 2 is 1.91 bits per heavy atom. The molecule has 52 valence electrons. The van der Waals surface area contributed by atoms with Gasteiger partial charge < -0.3 is 17.0 Å². The number of hydrogen-bond acceptors (Lipinski definition) is 1. The molecule has 0 radical (unpaired) electrons. The Hall–Kier alpha value is 0.00623. The Morgan fingerprint density at radius 1 is 1.18 bits per heavy atom. The average Bonchev–Trinajstić information content (AvgIpc) is 2.27. The van der Waals surface area contributed by atoms with Crippen LogP contribution in [0.2, 0.25) is 0 Å². The summed E-state index contributed by atoms with van der Waals surface area (Å²) in [5.41, 5.74) is 0.979. The van der Waals surface area contributed by atoms with Gasteiger partial charge in [-0.1, -0.05) is 0 Å². The molecular formula is C8H5BrMgO. The van der Waals surface area contributed by atoms with Crippen molar-refractivity contribution < 1.29 is 21.4 Å². The van der Waals surface area contributed by atoms with Crippen molar-refractivity contribution in [2.24, 2.45) is 0 Å². The summed E-state index contributed by atoms with van der Waals surface area (Å²) in [7, 11) is 0. The van der Waals surface area contributed by atoms with Crippen molar-refractivity contribution in [3.63, 3.8) is 0 Å². The number of para-hydroxylation sites is 1. The fourth-order valence-corrected chi connectivity index (χ4v) is 1.41. The first-order valence-electron chi connectivity index (χ1n) is 3.17. The van der Waals surface area contributed by atoms with Crippen molar-refractivity contribution in [1.82, 2.24) is 0 Å². The van der Waals surface area contributed by atoms with Crippen LogP contribution in [0, 0.1) is 0 Å². The van der Waals surface area contributed by atoms with Crippen LogP contribution in [0.3, 0.4) is 0 Å². The van der Waals surface area contributed by atoms with E-state index in [0.29, 0.717) is 0 Å². The summed E-state index contributed by atoms with van der Waals surface area (Å²) in [6, 6.07) is 10.1. The Kier molecular flexibility index (Phi) is 2.98. The van der Waals surface area contributed by atoms with Crippen molar-refractivity contribution >= 4 is 36.6 Å². The van der Waals surface area contributed by atoms with Crippen LogP contribution in [0.5, 0.6) is 0 Å². The van der Waals surface area contributed by atoms with Crippen LogP contribution < -0.4 is 20.9 Å². The molecule has 0 amide bonds. The maximum absolute atomic E-state index is 5.38. The molecule has 1 heterocycles. The zero-order valence-corrected chi connectivity index (χ0v) is 8.88. The van der Waals surface area contributed by atoms with Crippen LogP contribution in [0.15, 0.2) is 34.7 Å². The summed E-state index contributed by atoms with van der Waals surface area (Å²) in [6.45, 7) is 0. The molecule has 1 aromatic heterocycles. The minimum atomic E-state index is 0. The summed E-state index contributed by atoms with van der Waals surface area (Å²) in [4.78, 5) is 0. The summed E-state index contributed by atoms with van der Waals surface area (Å²) < 4.78 is 6.38. The van der Waals surface area contributed by atoms with E-state index in [4.69, 9.17) is 4.42 Å². The zero-order valence-electron chi connectivity index (χ0n) is 5.88. The zero-order chi connectivity index (χ0) is 6.97. The predicted octanol–water partition coefficient (Wildman–Crippen LogP) is -1.77. The molecule has 0 fully saturated rings. The Balaban J connectivity index is 0.000000605. The van der Waals surface area contributed by atoms with E-state index in [1.165, 1.54) is 5.39 Å². The number of benzene rings is 1. The van der Waals surface area contributed by atoms with Crippen molar-refractivity contribution in [3.8, 4) is 0 Å². The normalized spacial score (nSPS) is 9.64. The van der Waals surface area contributed by atoms with Crippen LogP contribution in [0.4, 0.5) is 0 Å². The van der Waals surface area contributed by atoms with Crippen LogP contribution in [0.25, 0.3) is 11.0 Å². The van der Waals surface area contributed by atoms with Crippen molar-refractivity contribution in [2.45, 2.75) is 0 Å². The standard InChI is InChI=1S/C8H5O.BrH.Mg/c1-2-4-8-7(3-1)5-6-9-8;;/h1-5H;1H;/q;;+1/p-1. The number of hydrogen-bond donors (Lipinski definition) is 0. The Morgan fingerprint density at radius 3 is 2.64 bits per heavy atom. The van der Waals surface area contributed by atoms with Crippen LogP contribution in [-0.2, 0) is 0 Å². The van der Waals surface area contributed by atoms with Gasteiger partial charge in [-0.05, 0) is 0 Å². The third-order valence-electron chi connectivity index (χ3n) is 1.48. The molecule has 0 aliphatic rings. The Bertz CT molecular complexity index is 323. The van der Waals surface area contributed by atoms with Crippen molar-refractivity contribution in [2.75, 3.05) is 0 Å². The van der Waals surface area contributed by atoms with Gasteiger partial charge in [0.05, 0.1) is 0 Å². The van der Waals surface area contributed by atoms with Gasteiger partial charge in [0.2, 0.25) is 0 Å². The van der Waals surface area contributed by atoms with E-state index >= 15 is 0 Å². The van der Waals surface area contributed by atoms with Crippen LogP contribution in [0.1, 0.15) is 0 Å². The summed E-state index contributed by atoms with van der Waals surface area (Å²) >= 11 is 1.77. The summed E-state index contributed by atoms with van der Waals surface area (Å²) in [6.07, 6.45) is 0. The molecular weight excluding hydrogens is 216 g/mol. The summed E-state index contributed by atoms with van der Waals surface area (Å²) in [5.74, 6) is 0. The first-order valence-corrected chi connectivity index (χ1v) is 3.87. The molecule has 2 rings (SSSR count). The first kappa shape index (κ1) is 9.10. The molecule has 0 bridgehead atoms. The van der Waals surface area contributed by atoms with Crippen LogP contribution >= 0.6 is 0 Å². The van der Waals surface area contributed by atoms with Gasteiger partial charge in [-0.25, -0.2) is 0 Å². The molecule has 0 N–H and O–H groups in total. The van der Waals surface area contributed by atoms with Gasteiger partial charge in [0.15, 0.2) is 0 Å². The third kappa shape index (κ3) is 1.78. The third-order valence-corrected chi connectivity index (χ3v) is 1.83. The monoisotopic (exact) mass is 220 g/mol. The second-order valence-electron chi connectivity index (χ2n) is 2.25. The topological polar surface area (TPSA) is 13.1 Å². The first-order chi connectivity index (χ1) is 4.86. The number of rotatable bonds is 0. The van der Waals surface area contributed by atoms with E-state index in [9.17, 15) is 0 Å². The molecule has 0 saturated carbocycles. The minimum absolute atomic E-state index is 0. The van der Waals surface area contributed by atoms with Crippen LogP contribution in [-0.4, -0.2) is 21.7 Å². The van der Waals surface area contributed by atoms with Gasteiger partial charge in [-0.2, -0.15) is 0 Å². The van der Waals surface area contributed by atoms with Gasteiger partial charge >= 0.3 is 71.3 Å². The molecule has 0 aliphatic heterocycles. The second kappa shape index (κ2) is 3.60. The number of halogens is 1. The Labute approximate surface area is 88.0 Å². The molecule has 2 aromatic rings. The van der Waals surface area contributed by atoms with Gasteiger partial charge in [-0.15, -0.1) is 0 Å². The number of fused-ring (bicyclic) bond motifs is 1. The van der Waals surface area contributed by atoms with Crippen molar-refractivity contribution in [3.05, 3.63) is 30.3 Å². The second-order valence-corrected chi connectivity index (χ2v) is 2.95. The molecule has 0 saturated heterocycles. The molecule has 0 spiro atoms. The van der Waals surface area contributed by atoms with E-state index in [0.717, 1.165) is 9.47 Å². The fourth-order valence-electron chi connectivity index (χ4n) is 1.04. The number of furan rings is 1. The SMILES string of the molecule is [Br-].[Mg+][c]1cc2ccccc2o1. The van der Waals surface area contributed by atoms with E-state index in [2.05, 4.69) is 6.07 Å². The molecule has 1 nitrogen and oxygen atoms in total. The van der Waals surface area contributed by atoms with E-state index in [1.54, 1.807) is 21.7 Å². The molecule has 1 aromatic carbocycles. The summed E-state index contributed by atoms with van der Waals surface area (Å²) in [5, 5.41) is 1.19. The van der Waals surface area contributed by atoms with E-state index in [1.807, 2.05) is 24.3 Å². The fraction of sp³-hybridized carbons (Fsp3) is 0. The molecule has 0 atom stereocenters. The maximum atomic E-state index is 5.38. The van der Waals surface area contributed by atoms with Gasteiger partial charge in [-0.3, -0.25) is 0 Å². The quantitative estimate of drug-likeness (QED) is 0.480. The van der Waals surface area contributed by atoms with Gasteiger partial charge in [0.25, 0.3) is 0 Å². The molecule has 3 heteroatoms. The van der Waals surface area contributed by atoms with E-state index < -0.39 is 0 Å². The van der Waals surface area contributed by atoms with Gasteiger partial charge in [0.1, 0.15) is 0 Å². The van der Waals surface area contributed by atoms with Gasteiger partial charge in [0, 0.05) is 0 Å². The predicted molar refractivity (Wildman–Crippen MR) is 41.6 cm³/mol. The molecule has 0 aliphatic carbocycles. The average molecular weight is 221 g/mol. The molecule has 11 heavy (non-hydrogen) atoms. The molecule has 0 unspecified atom stereocenters. The van der Waals surface area contributed by atoms with E-state index in [-0.39, 0.29) is 17.0 Å².